The molecule has 1 rings (SSSR count). The molecule has 5 nitrogen and oxygen atoms in total. The largest absolute Gasteiger partial charge is 0.486 e. The average molecular weight is 270 g/mol. The molecule has 1 atom stereocenters. The molecule has 2 amide bonds. The van der Waals surface area contributed by atoms with Gasteiger partial charge < -0.3 is 20.5 Å². The number of aliphatic hydroxyl groups excluding tert-OH is 1. The fraction of sp³-hybridized carbons (Fsp3) is 0.462. The van der Waals surface area contributed by atoms with Crippen LogP contribution in [0.2, 0.25) is 0 Å². The van der Waals surface area contributed by atoms with Gasteiger partial charge in [0.1, 0.15) is 6.10 Å². The molecule has 0 saturated heterocycles. The van der Waals surface area contributed by atoms with Crippen LogP contribution < -0.4 is 15.4 Å². The molecule has 3 N–H and O–H groups in total. The number of amides is 2. The van der Waals surface area contributed by atoms with E-state index in [1.165, 1.54) is 6.07 Å². The maximum absolute atomic E-state index is 13.4. The summed E-state index contributed by atoms with van der Waals surface area (Å²) in [6.45, 7) is 2.23. The highest BCUT2D eigenvalue weighted by atomic mass is 19.1. The van der Waals surface area contributed by atoms with Gasteiger partial charge in [-0.1, -0.05) is 19.1 Å². The van der Waals surface area contributed by atoms with E-state index < -0.39 is 5.82 Å². The molecule has 106 valence electrons. The van der Waals surface area contributed by atoms with Gasteiger partial charge in [-0.05, 0) is 18.6 Å². The highest BCUT2D eigenvalue weighted by Crippen LogP contribution is 2.17. The van der Waals surface area contributed by atoms with Crippen LogP contribution >= 0.6 is 0 Å². The maximum atomic E-state index is 13.4. The second-order valence-corrected chi connectivity index (χ2v) is 3.94. The second-order valence-electron chi connectivity index (χ2n) is 3.94. The molecule has 0 radical (unpaired) electrons. The molecular formula is C13H19FN2O3. The van der Waals surface area contributed by atoms with Gasteiger partial charge in [0.05, 0.1) is 13.2 Å². The summed E-state index contributed by atoms with van der Waals surface area (Å²) in [6, 6.07) is 5.76. The third-order valence-electron chi connectivity index (χ3n) is 2.47. The van der Waals surface area contributed by atoms with Crippen LogP contribution in [0.1, 0.15) is 13.3 Å². The number of hydrogen-bond acceptors (Lipinski definition) is 3. The zero-order valence-corrected chi connectivity index (χ0v) is 10.9. The van der Waals surface area contributed by atoms with E-state index in [2.05, 4.69) is 10.6 Å². The van der Waals surface area contributed by atoms with Crippen LogP contribution in [0.4, 0.5) is 9.18 Å². The zero-order chi connectivity index (χ0) is 14.1. The lowest BCUT2D eigenvalue weighted by atomic mass is 10.2. The lowest BCUT2D eigenvalue weighted by molar-refractivity contribution is 0.182. The summed E-state index contributed by atoms with van der Waals surface area (Å²) in [5.41, 5.74) is 0. The first-order valence-electron chi connectivity index (χ1n) is 6.21. The van der Waals surface area contributed by atoms with Crippen molar-refractivity contribution in [1.29, 1.82) is 0 Å². The molecule has 0 saturated carbocycles. The predicted octanol–water partition coefficient (Wildman–Crippen LogP) is 1.27. The van der Waals surface area contributed by atoms with Gasteiger partial charge in [-0.2, -0.15) is 0 Å². The molecule has 0 heterocycles. The minimum atomic E-state index is -0.425. The standard InChI is InChI=1S/C13H19FN2O3/c1-2-10(9-16-13(18)15-7-8-17)19-12-6-4-3-5-11(12)14/h3-6,10,17H,2,7-9H2,1H3,(H2,15,16,18). The van der Waals surface area contributed by atoms with E-state index in [0.717, 1.165) is 0 Å². The van der Waals surface area contributed by atoms with Crippen molar-refractivity contribution in [1.82, 2.24) is 10.6 Å². The molecule has 1 aromatic carbocycles. The number of rotatable bonds is 7. The van der Waals surface area contributed by atoms with Crippen LogP contribution in [-0.2, 0) is 0 Å². The van der Waals surface area contributed by atoms with Crippen LogP contribution in [-0.4, -0.2) is 36.9 Å². The molecule has 0 spiro atoms. The topological polar surface area (TPSA) is 70.6 Å². The van der Waals surface area contributed by atoms with Crippen molar-refractivity contribution < 1.29 is 19.0 Å². The van der Waals surface area contributed by atoms with Gasteiger partial charge in [0.25, 0.3) is 0 Å². The smallest absolute Gasteiger partial charge is 0.315 e. The first-order valence-corrected chi connectivity index (χ1v) is 6.21. The lowest BCUT2D eigenvalue weighted by Crippen LogP contribution is -2.42. The Hall–Kier alpha value is -1.82. The molecule has 0 aromatic heterocycles. The van der Waals surface area contributed by atoms with Gasteiger partial charge in [-0.25, -0.2) is 9.18 Å². The molecule has 0 aliphatic rings. The monoisotopic (exact) mass is 270 g/mol. The van der Waals surface area contributed by atoms with Crippen LogP contribution in [0, 0.1) is 5.82 Å². The van der Waals surface area contributed by atoms with Crippen molar-refractivity contribution in [3.05, 3.63) is 30.1 Å². The molecule has 0 aliphatic carbocycles. The first kappa shape index (κ1) is 15.2. The van der Waals surface area contributed by atoms with E-state index in [0.29, 0.717) is 6.42 Å². The van der Waals surface area contributed by atoms with Gasteiger partial charge in [0.2, 0.25) is 0 Å². The number of para-hydroxylation sites is 1. The summed E-state index contributed by atoms with van der Waals surface area (Å²) in [7, 11) is 0. The Morgan fingerprint density at radius 2 is 2.16 bits per heavy atom. The molecule has 0 fully saturated rings. The molecule has 0 aliphatic heterocycles. The minimum Gasteiger partial charge on any atom is -0.486 e. The van der Waals surface area contributed by atoms with Crippen molar-refractivity contribution in [2.45, 2.75) is 19.4 Å². The Bertz CT molecular complexity index is 401. The molecule has 6 heteroatoms. The zero-order valence-electron chi connectivity index (χ0n) is 10.9. The summed E-state index contributed by atoms with van der Waals surface area (Å²) >= 11 is 0. The van der Waals surface area contributed by atoms with Gasteiger partial charge in [0, 0.05) is 6.54 Å². The number of carbonyl (C=O) groups is 1. The Kier molecular flexibility index (Phi) is 6.67. The third-order valence-corrected chi connectivity index (χ3v) is 2.47. The summed E-state index contributed by atoms with van der Waals surface area (Å²) in [6.07, 6.45) is 0.325. The van der Waals surface area contributed by atoms with E-state index in [9.17, 15) is 9.18 Å². The van der Waals surface area contributed by atoms with Crippen LogP contribution in [0.5, 0.6) is 5.75 Å². The highest BCUT2D eigenvalue weighted by Gasteiger charge is 2.12. The van der Waals surface area contributed by atoms with Crippen molar-refractivity contribution >= 4 is 6.03 Å². The minimum absolute atomic E-state index is 0.115. The van der Waals surface area contributed by atoms with Gasteiger partial charge in [0.15, 0.2) is 11.6 Å². The molecule has 1 unspecified atom stereocenters. The first-order chi connectivity index (χ1) is 9.17. The third kappa shape index (κ3) is 5.56. The summed E-state index contributed by atoms with van der Waals surface area (Å²) in [5, 5.41) is 13.6. The van der Waals surface area contributed by atoms with Crippen molar-refractivity contribution in [2.24, 2.45) is 0 Å². The SMILES string of the molecule is CCC(CNC(=O)NCCO)Oc1ccccc1F. The summed E-state index contributed by atoms with van der Waals surface area (Å²) < 4.78 is 18.9. The normalized spacial score (nSPS) is 11.7. The Morgan fingerprint density at radius 1 is 1.42 bits per heavy atom. The van der Waals surface area contributed by atoms with E-state index in [4.69, 9.17) is 9.84 Å². The fourth-order valence-electron chi connectivity index (χ4n) is 1.43. The van der Waals surface area contributed by atoms with Crippen LogP contribution in [0.25, 0.3) is 0 Å². The van der Waals surface area contributed by atoms with E-state index in [-0.39, 0.29) is 37.6 Å². The number of aliphatic hydroxyl groups is 1. The van der Waals surface area contributed by atoms with E-state index in [1.54, 1.807) is 18.2 Å². The van der Waals surface area contributed by atoms with Crippen molar-refractivity contribution in [2.75, 3.05) is 19.7 Å². The van der Waals surface area contributed by atoms with Crippen LogP contribution in [0.15, 0.2) is 24.3 Å². The maximum Gasteiger partial charge on any atom is 0.315 e. The molecular weight excluding hydrogens is 251 g/mol. The van der Waals surface area contributed by atoms with Gasteiger partial charge in [-0.3, -0.25) is 0 Å². The molecule has 0 bridgehead atoms. The van der Waals surface area contributed by atoms with Crippen molar-refractivity contribution in [3.8, 4) is 5.75 Å². The number of hydrogen-bond donors (Lipinski definition) is 3. The number of carbonyl (C=O) groups excluding carboxylic acids is 1. The second kappa shape index (κ2) is 8.31. The number of urea groups is 1. The van der Waals surface area contributed by atoms with Crippen molar-refractivity contribution in [3.63, 3.8) is 0 Å². The molecule has 19 heavy (non-hydrogen) atoms. The van der Waals surface area contributed by atoms with E-state index in [1.807, 2.05) is 6.92 Å². The lowest BCUT2D eigenvalue weighted by Gasteiger charge is -2.18. The van der Waals surface area contributed by atoms with Gasteiger partial charge >= 0.3 is 6.03 Å². The van der Waals surface area contributed by atoms with E-state index >= 15 is 0 Å². The number of ether oxygens (including phenoxy) is 1. The quantitative estimate of drug-likeness (QED) is 0.699. The Morgan fingerprint density at radius 3 is 2.79 bits per heavy atom. The number of nitrogens with one attached hydrogen (secondary N) is 2. The Balaban J connectivity index is 2.42. The van der Waals surface area contributed by atoms with Gasteiger partial charge in [-0.15, -0.1) is 0 Å². The molecule has 1 aromatic rings. The highest BCUT2D eigenvalue weighted by molar-refractivity contribution is 5.73. The summed E-state index contributed by atoms with van der Waals surface area (Å²) in [5.74, 6) is -0.252. The van der Waals surface area contributed by atoms with Crippen LogP contribution in [0.3, 0.4) is 0 Å². The predicted molar refractivity (Wildman–Crippen MR) is 69.6 cm³/mol. The number of benzene rings is 1. The Labute approximate surface area is 111 Å². The summed E-state index contributed by atoms with van der Waals surface area (Å²) in [4.78, 5) is 11.3. The fourth-order valence-corrected chi connectivity index (χ4v) is 1.43. The number of halogens is 1. The average Bonchev–Trinajstić information content (AvgIpc) is 2.43.